The van der Waals surface area contributed by atoms with Crippen molar-refractivity contribution in [3.05, 3.63) is 88.4 Å². The fourth-order valence-corrected chi connectivity index (χ4v) is 3.45. The van der Waals surface area contributed by atoms with Gasteiger partial charge in [-0.1, -0.05) is 48.0 Å². The lowest BCUT2D eigenvalue weighted by molar-refractivity contribution is -0.137. The van der Waals surface area contributed by atoms with E-state index in [-0.39, 0.29) is 17.5 Å². The molecule has 1 atom stereocenters. The lowest BCUT2D eigenvalue weighted by Gasteiger charge is -2.20. The van der Waals surface area contributed by atoms with Crippen LogP contribution in [0, 0.1) is 0 Å². The summed E-state index contributed by atoms with van der Waals surface area (Å²) in [6.45, 7) is 0.457. The maximum absolute atomic E-state index is 13.1. The zero-order valence-electron chi connectivity index (χ0n) is 16.6. The van der Waals surface area contributed by atoms with Crippen LogP contribution in [-0.2, 0) is 17.5 Å². The van der Waals surface area contributed by atoms with Crippen molar-refractivity contribution in [3.8, 4) is 11.5 Å². The molecule has 0 fully saturated rings. The molecular weight excluding hydrogens is 445 g/mol. The fraction of sp³-hybridized carbons (Fsp3) is 0.174. The molecule has 1 aliphatic rings. The van der Waals surface area contributed by atoms with Gasteiger partial charge in [-0.25, -0.2) is 0 Å². The van der Waals surface area contributed by atoms with E-state index >= 15 is 0 Å². The Bertz CT molecular complexity index is 1120. The third kappa shape index (κ3) is 4.98. The van der Waals surface area contributed by atoms with Crippen LogP contribution in [0.2, 0.25) is 5.02 Å². The number of nitrogens with one attached hydrogen (secondary N) is 2. The minimum atomic E-state index is -4.56. The van der Waals surface area contributed by atoms with Gasteiger partial charge in [0.2, 0.25) is 12.7 Å². The lowest BCUT2D eigenvalue weighted by Crippen LogP contribution is -2.33. The number of rotatable bonds is 6. The van der Waals surface area contributed by atoms with E-state index in [1.54, 1.807) is 42.5 Å². The SMILES string of the molecule is O=C(Nc1cc(C(F)(F)F)ccc1Cl)C(NCc1ccc2c(c1)OCO2)c1ccccc1. The molecule has 1 aliphatic heterocycles. The number of fused-ring (bicyclic) bond motifs is 1. The number of hydrogen-bond acceptors (Lipinski definition) is 4. The molecule has 2 N–H and O–H groups in total. The molecule has 0 bridgehead atoms. The van der Waals surface area contributed by atoms with Crippen molar-refractivity contribution in [1.29, 1.82) is 0 Å². The van der Waals surface area contributed by atoms with E-state index in [0.717, 1.165) is 23.8 Å². The molecule has 32 heavy (non-hydrogen) atoms. The largest absolute Gasteiger partial charge is 0.454 e. The number of alkyl halides is 3. The highest BCUT2D eigenvalue weighted by Crippen LogP contribution is 2.35. The average Bonchev–Trinajstić information content (AvgIpc) is 3.23. The number of carbonyl (C=O) groups excluding carboxylic acids is 1. The maximum atomic E-state index is 13.1. The van der Waals surface area contributed by atoms with Crippen molar-refractivity contribution in [1.82, 2.24) is 5.32 Å². The zero-order chi connectivity index (χ0) is 22.7. The van der Waals surface area contributed by atoms with Gasteiger partial charge in [0.25, 0.3) is 0 Å². The molecule has 0 radical (unpaired) electrons. The topological polar surface area (TPSA) is 59.6 Å². The Morgan fingerprint density at radius 1 is 1.00 bits per heavy atom. The molecule has 3 aromatic carbocycles. The number of amides is 1. The second-order valence-electron chi connectivity index (χ2n) is 7.09. The van der Waals surface area contributed by atoms with E-state index in [9.17, 15) is 18.0 Å². The van der Waals surface area contributed by atoms with E-state index in [2.05, 4.69) is 10.6 Å². The number of anilines is 1. The van der Waals surface area contributed by atoms with Crippen LogP contribution >= 0.6 is 11.6 Å². The Balaban J connectivity index is 1.55. The standard InChI is InChI=1S/C23H18ClF3N2O3/c24-17-8-7-16(23(25,26)27)11-18(17)29-22(30)21(15-4-2-1-3-5-15)28-12-14-6-9-19-20(10-14)32-13-31-19/h1-11,21,28H,12-13H2,(H,29,30). The first-order valence-electron chi connectivity index (χ1n) is 9.66. The number of carbonyl (C=O) groups is 1. The van der Waals surface area contributed by atoms with Gasteiger partial charge >= 0.3 is 6.18 Å². The summed E-state index contributed by atoms with van der Waals surface area (Å²) in [5.74, 6) is 0.712. The van der Waals surface area contributed by atoms with Gasteiger partial charge in [0, 0.05) is 6.54 Å². The molecule has 1 unspecified atom stereocenters. The number of benzene rings is 3. The van der Waals surface area contributed by atoms with Crippen molar-refractivity contribution < 1.29 is 27.4 Å². The van der Waals surface area contributed by atoms with E-state index in [1.807, 2.05) is 6.07 Å². The average molecular weight is 463 g/mol. The van der Waals surface area contributed by atoms with E-state index in [0.29, 0.717) is 23.6 Å². The normalized spacial score (nSPS) is 13.6. The summed E-state index contributed by atoms with van der Waals surface area (Å²) in [5.41, 5.74) is 0.480. The van der Waals surface area contributed by atoms with Gasteiger partial charge in [0.05, 0.1) is 16.3 Å². The van der Waals surface area contributed by atoms with E-state index < -0.39 is 23.7 Å². The molecule has 0 spiro atoms. The minimum absolute atomic E-state index is 0.00827. The van der Waals surface area contributed by atoms with Gasteiger partial charge in [-0.3, -0.25) is 10.1 Å². The fourth-order valence-electron chi connectivity index (χ4n) is 3.28. The Kier molecular flexibility index (Phi) is 6.25. The molecule has 5 nitrogen and oxygen atoms in total. The summed E-state index contributed by atoms with van der Waals surface area (Å²) in [6, 6.07) is 16.2. The molecule has 0 aliphatic carbocycles. The maximum Gasteiger partial charge on any atom is 0.416 e. The second kappa shape index (κ2) is 9.10. The summed E-state index contributed by atoms with van der Waals surface area (Å²) in [4.78, 5) is 13.1. The van der Waals surface area contributed by atoms with Crippen molar-refractivity contribution in [2.75, 3.05) is 12.1 Å². The summed E-state index contributed by atoms with van der Waals surface area (Å²) >= 11 is 6.04. The molecule has 1 heterocycles. The second-order valence-corrected chi connectivity index (χ2v) is 7.50. The molecule has 0 aromatic heterocycles. The minimum Gasteiger partial charge on any atom is -0.454 e. The van der Waals surface area contributed by atoms with Crippen LogP contribution in [0.15, 0.2) is 66.7 Å². The van der Waals surface area contributed by atoms with E-state index in [1.165, 1.54) is 0 Å². The van der Waals surface area contributed by atoms with Gasteiger partial charge < -0.3 is 14.8 Å². The first kappa shape index (κ1) is 22.0. The smallest absolute Gasteiger partial charge is 0.416 e. The molecule has 0 saturated heterocycles. The monoisotopic (exact) mass is 462 g/mol. The molecule has 4 rings (SSSR count). The Hall–Kier alpha value is -3.23. The Labute approximate surface area is 187 Å². The zero-order valence-corrected chi connectivity index (χ0v) is 17.3. The third-order valence-electron chi connectivity index (χ3n) is 4.89. The molecule has 1 amide bonds. The lowest BCUT2D eigenvalue weighted by atomic mass is 10.0. The molecule has 0 saturated carbocycles. The predicted molar refractivity (Wildman–Crippen MR) is 114 cm³/mol. The van der Waals surface area contributed by atoms with Gasteiger partial charge in [-0.2, -0.15) is 13.2 Å². The first-order chi connectivity index (χ1) is 15.3. The van der Waals surface area contributed by atoms with Gasteiger partial charge in [-0.15, -0.1) is 0 Å². The Morgan fingerprint density at radius 2 is 1.75 bits per heavy atom. The molecule has 3 aromatic rings. The van der Waals surface area contributed by atoms with Crippen LogP contribution in [0.4, 0.5) is 18.9 Å². The highest BCUT2D eigenvalue weighted by Gasteiger charge is 2.31. The molecule has 9 heteroatoms. The predicted octanol–water partition coefficient (Wildman–Crippen LogP) is 5.56. The third-order valence-corrected chi connectivity index (χ3v) is 5.22. The summed E-state index contributed by atoms with van der Waals surface area (Å²) in [5, 5.41) is 5.68. The highest BCUT2D eigenvalue weighted by atomic mass is 35.5. The first-order valence-corrected chi connectivity index (χ1v) is 10.0. The number of hydrogen-bond donors (Lipinski definition) is 2. The molecule has 166 valence electrons. The number of ether oxygens (including phenoxy) is 2. The van der Waals surface area contributed by atoms with Crippen LogP contribution in [-0.4, -0.2) is 12.7 Å². The van der Waals surface area contributed by atoms with Crippen LogP contribution in [0.5, 0.6) is 11.5 Å². The van der Waals surface area contributed by atoms with Crippen LogP contribution < -0.4 is 20.1 Å². The van der Waals surface area contributed by atoms with Gasteiger partial charge in [0.1, 0.15) is 6.04 Å². The summed E-state index contributed by atoms with van der Waals surface area (Å²) < 4.78 is 49.9. The van der Waals surface area contributed by atoms with Gasteiger partial charge in [0.15, 0.2) is 11.5 Å². The molecular formula is C23H18ClF3N2O3. The van der Waals surface area contributed by atoms with Crippen molar-refractivity contribution in [2.45, 2.75) is 18.8 Å². The summed E-state index contributed by atoms with van der Waals surface area (Å²) in [6.07, 6.45) is -4.56. The van der Waals surface area contributed by atoms with Crippen molar-refractivity contribution in [2.24, 2.45) is 0 Å². The van der Waals surface area contributed by atoms with Crippen LogP contribution in [0.1, 0.15) is 22.7 Å². The van der Waals surface area contributed by atoms with E-state index in [4.69, 9.17) is 21.1 Å². The van der Waals surface area contributed by atoms with Crippen LogP contribution in [0.25, 0.3) is 0 Å². The van der Waals surface area contributed by atoms with Gasteiger partial charge in [-0.05, 0) is 41.5 Å². The Morgan fingerprint density at radius 3 is 2.50 bits per heavy atom. The highest BCUT2D eigenvalue weighted by molar-refractivity contribution is 6.33. The quantitative estimate of drug-likeness (QED) is 0.503. The summed E-state index contributed by atoms with van der Waals surface area (Å²) in [7, 11) is 0. The van der Waals surface area contributed by atoms with Crippen molar-refractivity contribution >= 4 is 23.2 Å². The van der Waals surface area contributed by atoms with Crippen molar-refractivity contribution in [3.63, 3.8) is 0 Å². The van der Waals surface area contributed by atoms with Crippen LogP contribution in [0.3, 0.4) is 0 Å². The number of halogens is 4.